The van der Waals surface area contributed by atoms with Crippen molar-refractivity contribution in [3.63, 3.8) is 0 Å². The summed E-state index contributed by atoms with van der Waals surface area (Å²) in [6, 6.07) is 19.7. The third-order valence-corrected chi connectivity index (χ3v) is 7.43. The molecular formula is C30H34N6O. The third-order valence-electron chi connectivity index (χ3n) is 7.43. The van der Waals surface area contributed by atoms with Crippen LogP contribution < -0.4 is 4.74 Å². The van der Waals surface area contributed by atoms with Crippen molar-refractivity contribution >= 4 is 21.7 Å². The fourth-order valence-electron chi connectivity index (χ4n) is 5.39. The van der Waals surface area contributed by atoms with E-state index in [1.807, 2.05) is 12.1 Å². The van der Waals surface area contributed by atoms with E-state index in [0.29, 0.717) is 12.0 Å². The highest BCUT2D eigenvalue weighted by Gasteiger charge is 2.20. The Morgan fingerprint density at radius 1 is 0.973 bits per heavy atom. The van der Waals surface area contributed by atoms with Crippen molar-refractivity contribution in [2.75, 3.05) is 20.2 Å². The van der Waals surface area contributed by atoms with Crippen LogP contribution in [0.4, 0.5) is 0 Å². The molecule has 3 heterocycles. The average Bonchev–Trinajstić information content (AvgIpc) is 3.63. The topological polar surface area (TPSA) is 82.7 Å². The highest BCUT2D eigenvalue weighted by atomic mass is 16.5. The molecule has 5 aromatic rings. The van der Waals surface area contributed by atoms with E-state index in [9.17, 15) is 0 Å². The highest BCUT2D eigenvalue weighted by Crippen LogP contribution is 2.32. The molecule has 1 aliphatic heterocycles. The van der Waals surface area contributed by atoms with E-state index in [2.05, 4.69) is 88.7 Å². The van der Waals surface area contributed by atoms with E-state index in [1.54, 1.807) is 0 Å². The Labute approximate surface area is 217 Å². The SMILES string of the molecule is CC(C)Cc1nc(-c2ccc3[nH]nc(-c4ccc5cc(OCCC6CCCN6C)ccc5c4)c3c2)n[nH]1. The van der Waals surface area contributed by atoms with Crippen LogP contribution in [0.1, 0.15) is 38.9 Å². The Balaban J connectivity index is 1.22. The van der Waals surface area contributed by atoms with E-state index >= 15 is 0 Å². The van der Waals surface area contributed by atoms with Crippen molar-refractivity contribution in [3.8, 4) is 28.4 Å². The average molecular weight is 495 g/mol. The smallest absolute Gasteiger partial charge is 0.181 e. The lowest BCUT2D eigenvalue weighted by atomic mass is 10.0. The zero-order chi connectivity index (χ0) is 25.4. The van der Waals surface area contributed by atoms with Gasteiger partial charge < -0.3 is 9.64 Å². The van der Waals surface area contributed by atoms with Crippen LogP contribution in [0.15, 0.2) is 54.6 Å². The lowest BCUT2D eigenvalue weighted by molar-refractivity contribution is 0.233. The van der Waals surface area contributed by atoms with Crippen LogP contribution in [0.25, 0.3) is 44.3 Å². The molecule has 37 heavy (non-hydrogen) atoms. The second-order valence-corrected chi connectivity index (χ2v) is 10.7. The maximum absolute atomic E-state index is 6.10. The van der Waals surface area contributed by atoms with E-state index in [4.69, 9.17) is 9.72 Å². The number of ether oxygens (including phenoxy) is 1. The van der Waals surface area contributed by atoms with Crippen molar-refractivity contribution in [1.29, 1.82) is 0 Å². The minimum absolute atomic E-state index is 0.526. The molecule has 6 rings (SSSR count). The second-order valence-electron chi connectivity index (χ2n) is 10.7. The predicted molar refractivity (Wildman–Crippen MR) is 149 cm³/mol. The molecule has 1 aliphatic rings. The molecule has 1 fully saturated rings. The maximum Gasteiger partial charge on any atom is 0.181 e. The van der Waals surface area contributed by atoms with Crippen LogP contribution in [-0.4, -0.2) is 56.5 Å². The largest absolute Gasteiger partial charge is 0.494 e. The summed E-state index contributed by atoms with van der Waals surface area (Å²) in [6.07, 6.45) is 4.54. The summed E-state index contributed by atoms with van der Waals surface area (Å²) in [6.45, 7) is 6.32. The Bertz CT molecular complexity index is 1530. The van der Waals surface area contributed by atoms with Gasteiger partial charge in [-0.15, -0.1) is 0 Å². The van der Waals surface area contributed by atoms with Gasteiger partial charge in [-0.25, -0.2) is 4.98 Å². The van der Waals surface area contributed by atoms with E-state index in [0.717, 1.165) is 70.0 Å². The summed E-state index contributed by atoms with van der Waals surface area (Å²) >= 11 is 0. The molecule has 1 unspecified atom stereocenters. The first-order valence-electron chi connectivity index (χ1n) is 13.3. The van der Waals surface area contributed by atoms with Gasteiger partial charge in [0.05, 0.1) is 17.8 Å². The lowest BCUT2D eigenvalue weighted by Crippen LogP contribution is -2.26. The van der Waals surface area contributed by atoms with Gasteiger partial charge >= 0.3 is 0 Å². The third kappa shape index (κ3) is 4.96. The number of hydrogen-bond donors (Lipinski definition) is 2. The first-order chi connectivity index (χ1) is 18.0. The first kappa shape index (κ1) is 23.7. The molecule has 0 radical (unpaired) electrons. The molecule has 7 heteroatoms. The molecule has 190 valence electrons. The number of rotatable bonds is 8. The van der Waals surface area contributed by atoms with Crippen molar-refractivity contribution in [2.24, 2.45) is 5.92 Å². The van der Waals surface area contributed by atoms with Crippen molar-refractivity contribution < 1.29 is 4.74 Å². The number of aromatic nitrogens is 5. The highest BCUT2D eigenvalue weighted by molar-refractivity contribution is 5.97. The predicted octanol–water partition coefficient (Wildman–Crippen LogP) is 6.23. The fourth-order valence-corrected chi connectivity index (χ4v) is 5.39. The van der Waals surface area contributed by atoms with Gasteiger partial charge in [0.2, 0.25) is 0 Å². The van der Waals surface area contributed by atoms with Gasteiger partial charge in [0.15, 0.2) is 5.82 Å². The van der Waals surface area contributed by atoms with Gasteiger partial charge in [-0.3, -0.25) is 10.2 Å². The maximum atomic E-state index is 6.10. The van der Waals surface area contributed by atoms with Gasteiger partial charge in [-0.05, 0) is 85.9 Å². The molecule has 1 saturated heterocycles. The minimum Gasteiger partial charge on any atom is -0.494 e. The van der Waals surface area contributed by atoms with E-state index in [-0.39, 0.29) is 0 Å². The Hall–Kier alpha value is -3.71. The summed E-state index contributed by atoms with van der Waals surface area (Å²) in [7, 11) is 2.21. The van der Waals surface area contributed by atoms with Crippen LogP contribution >= 0.6 is 0 Å². The Kier molecular flexibility index (Phi) is 6.38. The summed E-state index contributed by atoms with van der Waals surface area (Å²) in [5, 5.41) is 18.8. The molecule has 0 saturated carbocycles. The number of nitrogens with zero attached hydrogens (tertiary/aromatic N) is 4. The second kappa shape index (κ2) is 9.98. The van der Waals surface area contributed by atoms with Crippen molar-refractivity contribution in [1.82, 2.24) is 30.3 Å². The zero-order valence-corrected chi connectivity index (χ0v) is 21.8. The van der Waals surface area contributed by atoms with Gasteiger partial charge in [0, 0.05) is 29.0 Å². The number of fused-ring (bicyclic) bond motifs is 2. The quantitative estimate of drug-likeness (QED) is 0.267. The normalized spacial score (nSPS) is 16.4. The molecule has 2 aromatic heterocycles. The number of benzene rings is 3. The van der Waals surface area contributed by atoms with Crippen molar-refractivity contribution in [2.45, 2.75) is 45.6 Å². The van der Waals surface area contributed by atoms with Crippen molar-refractivity contribution in [3.05, 3.63) is 60.4 Å². The molecule has 3 aromatic carbocycles. The molecular weight excluding hydrogens is 460 g/mol. The summed E-state index contributed by atoms with van der Waals surface area (Å²) in [5.41, 5.74) is 3.98. The van der Waals surface area contributed by atoms with Gasteiger partial charge in [0.1, 0.15) is 11.6 Å². The minimum atomic E-state index is 0.526. The van der Waals surface area contributed by atoms with Gasteiger partial charge in [-0.2, -0.15) is 10.2 Å². The zero-order valence-electron chi connectivity index (χ0n) is 21.8. The van der Waals surface area contributed by atoms with Crippen LogP contribution in [0.2, 0.25) is 0 Å². The van der Waals surface area contributed by atoms with Gasteiger partial charge in [0.25, 0.3) is 0 Å². The monoisotopic (exact) mass is 494 g/mol. The number of nitrogens with one attached hydrogen (secondary N) is 2. The van der Waals surface area contributed by atoms with Crippen LogP contribution in [0.3, 0.4) is 0 Å². The number of aromatic amines is 2. The molecule has 7 nitrogen and oxygen atoms in total. The van der Waals surface area contributed by atoms with Crippen LogP contribution in [0, 0.1) is 5.92 Å². The standard InChI is InChI=1S/C30H34N6O/c1-19(2)15-28-31-30(35-33-28)23-9-11-27-26(18-23)29(34-32-27)22-7-6-21-17-25(10-8-20(21)16-22)37-14-12-24-5-4-13-36(24)3/h6-11,16-19,24H,4-5,12-15H2,1-3H3,(H,32,34)(H,31,33,35). The molecule has 0 aliphatic carbocycles. The number of hydrogen-bond acceptors (Lipinski definition) is 5. The molecule has 0 bridgehead atoms. The molecule has 0 spiro atoms. The van der Waals surface area contributed by atoms with Gasteiger partial charge in [-0.1, -0.05) is 32.0 Å². The lowest BCUT2D eigenvalue weighted by Gasteiger charge is -2.19. The number of likely N-dealkylation sites (tertiary alicyclic amines) is 1. The summed E-state index contributed by atoms with van der Waals surface area (Å²) in [5.74, 6) is 3.09. The fraction of sp³-hybridized carbons (Fsp3) is 0.367. The van der Waals surface area contributed by atoms with E-state index in [1.165, 1.54) is 24.8 Å². The Morgan fingerprint density at radius 3 is 2.65 bits per heavy atom. The summed E-state index contributed by atoms with van der Waals surface area (Å²) in [4.78, 5) is 7.15. The first-order valence-corrected chi connectivity index (χ1v) is 13.3. The van der Waals surface area contributed by atoms with Crippen LogP contribution in [-0.2, 0) is 6.42 Å². The van der Waals surface area contributed by atoms with Crippen LogP contribution in [0.5, 0.6) is 5.75 Å². The Morgan fingerprint density at radius 2 is 1.81 bits per heavy atom. The molecule has 2 N–H and O–H groups in total. The summed E-state index contributed by atoms with van der Waals surface area (Å²) < 4.78 is 6.10. The van der Waals surface area contributed by atoms with E-state index < -0.39 is 0 Å². The number of H-pyrrole nitrogens is 2. The molecule has 1 atom stereocenters. The molecule has 0 amide bonds.